The second-order valence-electron chi connectivity index (χ2n) is 7.37. The van der Waals surface area contributed by atoms with Crippen molar-refractivity contribution in [3.8, 4) is 0 Å². The number of rotatable bonds is 4. The number of carbonyl (C=O) groups is 1. The molecule has 0 unspecified atom stereocenters. The van der Waals surface area contributed by atoms with Gasteiger partial charge in [0.25, 0.3) is 10.0 Å². The van der Waals surface area contributed by atoms with E-state index in [9.17, 15) is 13.2 Å². The number of amides is 1. The third-order valence-corrected chi connectivity index (χ3v) is 6.85. The third-order valence-electron chi connectivity index (χ3n) is 5.38. The van der Waals surface area contributed by atoms with E-state index < -0.39 is 10.0 Å². The largest absolute Gasteiger partial charge is 0.354 e. The van der Waals surface area contributed by atoms with Crippen molar-refractivity contribution < 1.29 is 13.2 Å². The van der Waals surface area contributed by atoms with Crippen LogP contribution in [0.25, 0.3) is 4.91 Å². The summed E-state index contributed by atoms with van der Waals surface area (Å²) in [6.45, 7) is 8.52. The molecule has 1 aromatic carbocycles. The SMILES string of the molecule is CCCC(=O)N1CCCN(C2=NS(=O)(=O)C(c3ccc(CC)cc3)=C2C)CC1. The summed E-state index contributed by atoms with van der Waals surface area (Å²) in [6, 6.07) is 7.65. The first-order chi connectivity index (χ1) is 13.4. The highest BCUT2D eigenvalue weighted by atomic mass is 32.2. The lowest BCUT2D eigenvalue weighted by Crippen LogP contribution is -2.37. The Balaban J connectivity index is 1.84. The Morgan fingerprint density at radius 3 is 2.43 bits per heavy atom. The van der Waals surface area contributed by atoms with Crippen LogP contribution in [-0.2, 0) is 21.2 Å². The van der Waals surface area contributed by atoms with Gasteiger partial charge in [0.15, 0.2) is 0 Å². The Morgan fingerprint density at radius 1 is 1.07 bits per heavy atom. The minimum absolute atomic E-state index is 0.175. The monoisotopic (exact) mass is 403 g/mol. The fourth-order valence-corrected chi connectivity index (χ4v) is 5.31. The van der Waals surface area contributed by atoms with Gasteiger partial charge in [0.1, 0.15) is 10.7 Å². The molecule has 1 saturated heterocycles. The van der Waals surface area contributed by atoms with E-state index in [2.05, 4.69) is 11.3 Å². The van der Waals surface area contributed by atoms with Crippen LogP contribution < -0.4 is 0 Å². The summed E-state index contributed by atoms with van der Waals surface area (Å²) in [5.41, 5.74) is 2.54. The zero-order chi connectivity index (χ0) is 20.3. The van der Waals surface area contributed by atoms with Crippen LogP contribution in [-0.4, -0.2) is 56.1 Å². The van der Waals surface area contributed by atoms with Gasteiger partial charge in [-0.1, -0.05) is 38.1 Å². The fourth-order valence-electron chi connectivity index (χ4n) is 3.83. The average molecular weight is 404 g/mol. The summed E-state index contributed by atoms with van der Waals surface area (Å²) in [4.78, 5) is 16.4. The van der Waals surface area contributed by atoms with Crippen LogP contribution in [0.3, 0.4) is 0 Å². The second-order valence-corrected chi connectivity index (χ2v) is 8.91. The Bertz CT molecular complexity index is 901. The molecule has 0 bridgehead atoms. The summed E-state index contributed by atoms with van der Waals surface area (Å²) < 4.78 is 29.7. The van der Waals surface area contributed by atoms with Crippen LogP contribution in [0.1, 0.15) is 51.2 Å². The van der Waals surface area contributed by atoms with Crippen molar-refractivity contribution in [2.75, 3.05) is 26.2 Å². The van der Waals surface area contributed by atoms with Gasteiger partial charge in [0.05, 0.1) is 0 Å². The number of hydrogen-bond acceptors (Lipinski definition) is 4. The maximum absolute atomic E-state index is 12.8. The van der Waals surface area contributed by atoms with E-state index in [0.29, 0.717) is 54.5 Å². The lowest BCUT2D eigenvalue weighted by atomic mass is 10.1. The van der Waals surface area contributed by atoms with Crippen molar-refractivity contribution in [3.05, 3.63) is 41.0 Å². The molecule has 0 spiro atoms. The third kappa shape index (κ3) is 4.14. The van der Waals surface area contributed by atoms with Crippen LogP contribution in [0.15, 0.2) is 34.2 Å². The number of sulfonamides is 1. The van der Waals surface area contributed by atoms with E-state index in [1.807, 2.05) is 47.9 Å². The fraction of sp³-hybridized carbons (Fsp3) is 0.524. The number of carbonyl (C=O) groups excluding carboxylic acids is 1. The van der Waals surface area contributed by atoms with Gasteiger partial charge in [-0.3, -0.25) is 4.79 Å². The van der Waals surface area contributed by atoms with Gasteiger partial charge in [0, 0.05) is 38.2 Å². The van der Waals surface area contributed by atoms with Gasteiger partial charge in [-0.25, -0.2) is 0 Å². The topological polar surface area (TPSA) is 70.1 Å². The van der Waals surface area contributed by atoms with Crippen LogP contribution >= 0.6 is 0 Å². The molecular formula is C21H29N3O3S. The summed E-state index contributed by atoms with van der Waals surface area (Å²) in [5.74, 6) is 0.702. The van der Waals surface area contributed by atoms with E-state index in [1.54, 1.807) is 0 Å². The summed E-state index contributed by atoms with van der Waals surface area (Å²) in [5, 5.41) is 0. The molecular weight excluding hydrogens is 374 g/mol. The van der Waals surface area contributed by atoms with E-state index in [0.717, 1.165) is 19.3 Å². The predicted molar refractivity (Wildman–Crippen MR) is 112 cm³/mol. The first-order valence-corrected chi connectivity index (χ1v) is 11.5. The van der Waals surface area contributed by atoms with E-state index in [1.165, 1.54) is 5.56 Å². The molecule has 0 aromatic heterocycles. The molecule has 2 aliphatic rings. The first-order valence-electron chi connectivity index (χ1n) is 10.1. The molecule has 3 rings (SSSR count). The zero-order valence-electron chi connectivity index (χ0n) is 16.9. The van der Waals surface area contributed by atoms with Crippen LogP contribution in [0.2, 0.25) is 0 Å². The number of aryl methyl sites for hydroxylation is 1. The van der Waals surface area contributed by atoms with Gasteiger partial charge >= 0.3 is 0 Å². The lowest BCUT2D eigenvalue weighted by Gasteiger charge is -2.23. The average Bonchev–Trinajstić information content (AvgIpc) is 2.83. The zero-order valence-corrected chi connectivity index (χ0v) is 17.8. The minimum Gasteiger partial charge on any atom is -0.354 e. The lowest BCUT2D eigenvalue weighted by molar-refractivity contribution is -0.131. The minimum atomic E-state index is -3.71. The van der Waals surface area contributed by atoms with Gasteiger partial charge in [-0.2, -0.15) is 8.42 Å². The molecule has 1 fully saturated rings. The molecule has 0 aliphatic carbocycles. The normalized spacial score (nSPS) is 19.6. The van der Waals surface area contributed by atoms with Gasteiger partial charge in [0.2, 0.25) is 5.91 Å². The Labute approximate surface area is 168 Å². The molecule has 0 saturated carbocycles. The van der Waals surface area contributed by atoms with Crippen LogP contribution in [0.5, 0.6) is 0 Å². The molecule has 28 heavy (non-hydrogen) atoms. The molecule has 2 aliphatic heterocycles. The smallest absolute Gasteiger partial charge is 0.285 e. The van der Waals surface area contributed by atoms with E-state index in [4.69, 9.17) is 0 Å². The summed E-state index contributed by atoms with van der Waals surface area (Å²) in [6.07, 6.45) is 3.12. The molecule has 7 heteroatoms. The molecule has 1 amide bonds. The molecule has 0 radical (unpaired) electrons. The highest BCUT2D eigenvalue weighted by Gasteiger charge is 2.34. The molecule has 152 valence electrons. The van der Waals surface area contributed by atoms with Crippen molar-refractivity contribution in [1.29, 1.82) is 0 Å². The summed E-state index contributed by atoms with van der Waals surface area (Å²) >= 11 is 0. The van der Waals surface area contributed by atoms with Gasteiger partial charge in [-0.15, -0.1) is 4.40 Å². The molecule has 0 atom stereocenters. The summed E-state index contributed by atoms with van der Waals surface area (Å²) in [7, 11) is -3.71. The van der Waals surface area contributed by atoms with Crippen molar-refractivity contribution in [2.24, 2.45) is 4.40 Å². The Kier molecular flexibility index (Phi) is 6.23. The molecule has 6 nitrogen and oxygen atoms in total. The van der Waals surface area contributed by atoms with Crippen LogP contribution in [0.4, 0.5) is 0 Å². The highest BCUT2D eigenvalue weighted by molar-refractivity contribution is 8.00. The van der Waals surface area contributed by atoms with Gasteiger partial charge < -0.3 is 9.80 Å². The predicted octanol–water partition coefficient (Wildman–Crippen LogP) is 3.06. The van der Waals surface area contributed by atoms with Crippen LogP contribution in [0, 0.1) is 0 Å². The quantitative estimate of drug-likeness (QED) is 0.775. The van der Waals surface area contributed by atoms with E-state index >= 15 is 0 Å². The number of benzene rings is 1. The number of amidine groups is 1. The standard InChI is InChI=1S/C21H29N3O3S/c1-4-7-19(25)23-12-6-13-24(15-14-23)21-16(3)20(28(26,27)22-21)18-10-8-17(5-2)9-11-18/h8-11H,4-7,12-15H2,1-3H3. The second kappa shape index (κ2) is 8.47. The van der Waals surface area contributed by atoms with Gasteiger partial charge in [-0.05, 0) is 37.3 Å². The number of hydrogen-bond donors (Lipinski definition) is 0. The van der Waals surface area contributed by atoms with Crippen molar-refractivity contribution in [1.82, 2.24) is 9.80 Å². The molecule has 0 N–H and O–H groups in total. The number of nitrogens with zero attached hydrogens (tertiary/aromatic N) is 3. The Hall–Kier alpha value is -2.15. The van der Waals surface area contributed by atoms with Crippen molar-refractivity contribution in [2.45, 2.75) is 46.5 Å². The Morgan fingerprint density at radius 2 is 1.79 bits per heavy atom. The highest BCUT2D eigenvalue weighted by Crippen LogP contribution is 2.34. The van der Waals surface area contributed by atoms with Crippen molar-refractivity contribution in [3.63, 3.8) is 0 Å². The maximum atomic E-state index is 12.8. The van der Waals surface area contributed by atoms with Crippen molar-refractivity contribution >= 4 is 26.7 Å². The molecule has 1 aromatic rings. The van der Waals surface area contributed by atoms with E-state index in [-0.39, 0.29) is 5.91 Å². The maximum Gasteiger partial charge on any atom is 0.285 e. The first kappa shape index (κ1) is 20.6. The molecule has 2 heterocycles.